The number of rotatable bonds is 6. The first-order valence-corrected chi connectivity index (χ1v) is 9.14. The lowest BCUT2D eigenvalue weighted by molar-refractivity contribution is -0.115. The number of para-hydroxylation sites is 1. The van der Waals surface area contributed by atoms with Crippen molar-refractivity contribution in [1.29, 1.82) is 0 Å². The van der Waals surface area contributed by atoms with Crippen molar-refractivity contribution in [2.45, 2.75) is 20.3 Å². The minimum absolute atomic E-state index is 0.00303. The van der Waals surface area contributed by atoms with Gasteiger partial charge >= 0.3 is 5.97 Å². The number of benzene rings is 2. The first-order valence-electron chi connectivity index (χ1n) is 8.76. The van der Waals surface area contributed by atoms with Crippen molar-refractivity contribution in [3.05, 3.63) is 70.6 Å². The molecule has 0 fully saturated rings. The lowest BCUT2D eigenvalue weighted by Gasteiger charge is -2.09. The Morgan fingerprint density at radius 2 is 1.86 bits per heavy atom. The molecule has 1 heterocycles. The Bertz CT molecular complexity index is 1010. The van der Waals surface area contributed by atoms with Gasteiger partial charge in [0.2, 0.25) is 11.8 Å². The molecule has 1 amide bonds. The zero-order chi connectivity index (χ0) is 20.1. The van der Waals surface area contributed by atoms with E-state index < -0.39 is 5.97 Å². The van der Waals surface area contributed by atoms with E-state index >= 15 is 0 Å². The Labute approximate surface area is 167 Å². The summed E-state index contributed by atoms with van der Waals surface area (Å²) in [7, 11) is 0. The van der Waals surface area contributed by atoms with Gasteiger partial charge in [0.25, 0.3) is 0 Å². The third kappa shape index (κ3) is 4.40. The topological polar surface area (TPSA) is 81.4 Å². The summed E-state index contributed by atoms with van der Waals surface area (Å²) in [5.74, 6) is 0.0810. The van der Waals surface area contributed by atoms with Crippen molar-refractivity contribution < 1.29 is 18.7 Å². The minimum atomic E-state index is -0.489. The highest BCUT2D eigenvalue weighted by atomic mass is 35.5. The van der Waals surface area contributed by atoms with Crippen LogP contribution in [0.2, 0.25) is 5.02 Å². The van der Waals surface area contributed by atoms with Crippen LogP contribution in [0.3, 0.4) is 0 Å². The van der Waals surface area contributed by atoms with E-state index in [1.807, 2.05) is 12.1 Å². The number of carbonyl (C=O) groups is 2. The number of oxazole rings is 1. The third-order valence-corrected chi connectivity index (χ3v) is 4.35. The molecule has 7 heteroatoms. The molecule has 0 unspecified atom stereocenters. The Hall–Kier alpha value is -3.12. The highest BCUT2D eigenvalue weighted by molar-refractivity contribution is 6.33. The van der Waals surface area contributed by atoms with Gasteiger partial charge in [-0.15, -0.1) is 0 Å². The zero-order valence-corrected chi connectivity index (χ0v) is 16.2. The number of nitrogens with zero attached hydrogens (tertiary/aromatic N) is 1. The predicted molar refractivity (Wildman–Crippen MR) is 106 cm³/mol. The van der Waals surface area contributed by atoms with Gasteiger partial charge in [0.05, 0.1) is 40.6 Å². The van der Waals surface area contributed by atoms with Gasteiger partial charge in [-0.25, -0.2) is 9.78 Å². The van der Waals surface area contributed by atoms with Gasteiger partial charge in [-0.2, -0.15) is 0 Å². The SMILES string of the molecule is CCOC(=O)c1ccccc1NC(=O)Cc1nc(-c2ccccc2Cl)oc1C. The molecule has 0 aliphatic heterocycles. The molecule has 2 aromatic carbocycles. The number of hydrogen-bond donors (Lipinski definition) is 1. The first-order chi connectivity index (χ1) is 13.5. The summed E-state index contributed by atoms with van der Waals surface area (Å²) in [4.78, 5) is 29.0. The summed E-state index contributed by atoms with van der Waals surface area (Å²) in [6.07, 6.45) is -0.00303. The van der Waals surface area contributed by atoms with Gasteiger partial charge in [-0.1, -0.05) is 35.9 Å². The summed E-state index contributed by atoms with van der Waals surface area (Å²) < 4.78 is 10.7. The molecule has 3 aromatic rings. The number of ether oxygens (including phenoxy) is 1. The van der Waals surface area contributed by atoms with Crippen LogP contribution in [-0.4, -0.2) is 23.5 Å². The van der Waals surface area contributed by atoms with E-state index in [9.17, 15) is 9.59 Å². The summed E-state index contributed by atoms with van der Waals surface area (Å²) in [5, 5.41) is 3.26. The van der Waals surface area contributed by atoms with E-state index in [0.29, 0.717) is 39.2 Å². The van der Waals surface area contributed by atoms with Gasteiger partial charge < -0.3 is 14.5 Å². The quantitative estimate of drug-likeness (QED) is 0.610. The number of hydrogen-bond acceptors (Lipinski definition) is 5. The molecule has 0 saturated heterocycles. The van der Waals surface area contributed by atoms with E-state index in [0.717, 1.165) is 0 Å². The molecular formula is C21H19ClN2O4. The molecule has 0 spiro atoms. The zero-order valence-electron chi connectivity index (χ0n) is 15.5. The maximum absolute atomic E-state index is 12.5. The molecule has 0 atom stereocenters. The Balaban J connectivity index is 1.76. The lowest BCUT2D eigenvalue weighted by atomic mass is 10.1. The normalized spacial score (nSPS) is 10.5. The van der Waals surface area contributed by atoms with Crippen molar-refractivity contribution in [1.82, 2.24) is 4.98 Å². The van der Waals surface area contributed by atoms with Crippen molar-refractivity contribution in [3.8, 4) is 11.5 Å². The molecule has 0 bridgehead atoms. The maximum atomic E-state index is 12.5. The molecule has 144 valence electrons. The van der Waals surface area contributed by atoms with Crippen LogP contribution >= 0.6 is 11.6 Å². The second-order valence-electron chi connectivity index (χ2n) is 5.99. The number of aromatic nitrogens is 1. The Morgan fingerprint density at radius 1 is 1.14 bits per heavy atom. The number of aryl methyl sites for hydroxylation is 1. The fraction of sp³-hybridized carbons (Fsp3) is 0.190. The van der Waals surface area contributed by atoms with Gasteiger partial charge in [0.15, 0.2) is 0 Å². The van der Waals surface area contributed by atoms with Crippen LogP contribution in [0.5, 0.6) is 0 Å². The average molecular weight is 399 g/mol. The van der Waals surface area contributed by atoms with E-state index in [4.69, 9.17) is 20.8 Å². The van der Waals surface area contributed by atoms with Gasteiger partial charge in [0, 0.05) is 0 Å². The van der Waals surface area contributed by atoms with Gasteiger partial charge in [-0.3, -0.25) is 4.79 Å². The van der Waals surface area contributed by atoms with Crippen LogP contribution in [0, 0.1) is 6.92 Å². The standard InChI is InChI=1S/C21H19ClN2O4/c1-3-27-21(26)15-9-5-7-11-17(15)23-19(25)12-18-13(2)28-20(24-18)14-8-4-6-10-16(14)22/h4-11H,3,12H2,1-2H3,(H,23,25). The van der Waals surface area contributed by atoms with Crippen molar-refractivity contribution in [3.63, 3.8) is 0 Å². The molecule has 0 saturated carbocycles. The molecule has 28 heavy (non-hydrogen) atoms. The smallest absolute Gasteiger partial charge is 0.340 e. The molecule has 1 N–H and O–H groups in total. The first kappa shape index (κ1) is 19.6. The number of nitrogens with one attached hydrogen (secondary N) is 1. The fourth-order valence-corrected chi connectivity index (χ4v) is 2.88. The van der Waals surface area contributed by atoms with Gasteiger partial charge in [-0.05, 0) is 38.1 Å². The van der Waals surface area contributed by atoms with Crippen LogP contribution in [0.15, 0.2) is 52.9 Å². The third-order valence-electron chi connectivity index (χ3n) is 4.02. The molecule has 0 aliphatic carbocycles. The molecule has 1 aromatic heterocycles. The molecular weight excluding hydrogens is 380 g/mol. The van der Waals surface area contributed by atoms with Crippen molar-refractivity contribution in [2.75, 3.05) is 11.9 Å². The highest BCUT2D eigenvalue weighted by Gasteiger charge is 2.18. The van der Waals surface area contributed by atoms with Crippen LogP contribution in [0.1, 0.15) is 28.7 Å². The summed E-state index contributed by atoms with van der Waals surface area (Å²) in [6.45, 7) is 3.72. The molecule has 0 radical (unpaired) electrons. The molecule has 6 nitrogen and oxygen atoms in total. The van der Waals surface area contributed by atoms with Crippen LogP contribution in [0.25, 0.3) is 11.5 Å². The van der Waals surface area contributed by atoms with E-state index in [1.54, 1.807) is 50.2 Å². The number of esters is 1. The Morgan fingerprint density at radius 3 is 2.61 bits per heavy atom. The number of anilines is 1. The molecule has 3 rings (SSSR count). The Kier molecular flexibility index (Phi) is 6.11. The van der Waals surface area contributed by atoms with E-state index in [-0.39, 0.29) is 18.9 Å². The second-order valence-corrected chi connectivity index (χ2v) is 6.40. The molecule has 0 aliphatic rings. The number of halogens is 1. The maximum Gasteiger partial charge on any atom is 0.340 e. The lowest BCUT2D eigenvalue weighted by Crippen LogP contribution is -2.18. The van der Waals surface area contributed by atoms with Crippen molar-refractivity contribution >= 4 is 29.2 Å². The summed E-state index contributed by atoms with van der Waals surface area (Å²) >= 11 is 6.18. The minimum Gasteiger partial charge on any atom is -0.462 e. The predicted octanol–water partition coefficient (Wildman–Crippen LogP) is 4.66. The van der Waals surface area contributed by atoms with E-state index in [2.05, 4.69) is 10.3 Å². The number of carbonyl (C=O) groups excluding carboxylic acids is 2. The largest absolute Gasteiger partial charge is 0.462 e. The van der Waals surface area contributed by atoms with Crippen molar-refractivity contribution in [2.24, 2.45) is 0 Å². The van der Waals surface area contributed by atoms with Gasteiger partial charge in [0.1, 0.15) is 5.76 Å². The number of amides is 1. The average Bonchev–Trinajstić information content (AvgIpc) is 3.02. The monoisotopic (exact) mass is 398 g/mol. The van der Waals surface area contributed by atoms with Crippen LogP contribution in [-0.2, 0) is 16.0 Å². The highest BCUT2D eigenvalue weighted by Crippen LogP contribution is 2.28. The second kappa shape index (κ2) is 8.71. The van der Waals surface area contributed by atoms with Crippen LogP contribution in [0.4, 0.5) is 5.69 Å². The van der Waals surface area contributed by atoms with Crippen LogP contribution < -0.4 is 5.32 Å². The summed E-state index contributed by atoms with van der Waals surface area (Å²) in [6, 6.07) is 13.9. The van der Waals surface area contributed by atoms with E-state index in [1.165, 1.54) is 0 Å². The fourth-order valence-electron chi connectivity index (χ4n) is 2.67. The summed E-state index contributed by atoms with van der Waals surface area (Å²) in [5.41, 5.74) is 1.84.